The summed E-state index contributed by atoms with van der Waals surface area (Å²) in [5, 5.41) is 2.48. The lowest BCUT2D eigenvalue weighted by molar-refractivity contribution is 1.23. The minimum absolute atomic E-state index is 0.634. The molecular formula is C13H16N2S. The zero-order valence-electron chi connectivity index (χ0n) is 9.34. The molecule has 0 atom stereocenters. The third-order valence-corrected chi connectivity index (χ3v) is 2.40. The normalized spacial score (nSPS) is 9.81. The van der Waals surface area contributed by atoms with E-state index in [1.54, 1.807) is 6.20 Å². The predicted molar refractivity (Wildman–Crippen MR) is 72.3 cm³/mol. The van der Waals surface area contributed by atoms with E-state index in [9.17, 15) is 0 Å². The SMILES string of the molecule is CCC=Cc1ccccc1.Nc1nccs1. The maximum absolute atomic E-state index is 5.19. The number of nitrogens with zero attached hydrogens (tertiary/aromatic N) is 1. The molecule has 0 saturated heterocycles. The molecule has 0 aliphatic carbocycles. The van der Waals surface area contributed by atoms with E-state index in [0.29, 0.717) is 5.13 Å². The Morgan fingerprint density at radius 1 is 1.31 bits per heavy atom. The lowest BCUT2D eigenvalue weighted by Crippen LogP contribution is -1.77. The second-order valence-electron chi connectivity index (χ2n) is 3.09. The van der Waals surface area contributed by atoms with E-state index in [1.807, 2.05) is 11.4 Å². The van der Waals surface area contributed by atoms with Crippen molar-refractivity contribution in [3.8, 4) is 0 Å². The Kier molecular flexibility index (Phi) is 5.96. The fraction of sp³-hybridized carbons (Fsp3) is 0.154. The van der Waals surface area contributed by atoms with Crippen LogP contribution in [0.2, 0.25) is 0 Å². The molecule has 3 heteroatoms. The molecule has 0 spiro atoms. The van der Waals surface area contributed by atoms with Gasteiger partial charge in [-0.1, -0.05) is 49.4 Å². The van der Waals surface area contributed by atoms with Gasteiger partial charge in [-0.15, -0.1) is 11.3 Å². The molecule has 2 nitrogen and oxygen atoms in total. The molecule has 2 rings (SSSR count). The number of allylic oxidation sites excluding steroid dienone is 1. The third-order valence-electron chi connectivity index (χ3n) is 1.80. The van der Waals surface area contributed by atoms with Gasteiger partial charge in [-0.25, -0.2) is 4.98 Å². The summed E-state index contributed by atoms with van der Waals surface area (Å²) in [5.74, 6) is 0. The van der Waals surface area contributed by atoms with Gasteiger partial charge in [0, 0.05) is 11.6 Å². The lowest BCUT2D eigenvalue weighted by atomic mass is 10.2. The number of nitrogen functional groups attached to an aromatic ring is 1. The van der Waals surface area contributed by atoms with E-state index in [1.165, 1.54) is 16.9 Å². The van der Waals surface area contributed by atoms with Crippen LogP contribution in [0.25, 0.3) is 6.08 Å². The summed E-state index contributed by atoms with van der Waals surface area (Å²) in [4.78, 5) is 3.71. The van der Waals surface area contributed by atoms with Crippen molar-refractivity contribution in [3.63, 3.8) is 0 Å². The molecule has 84 valence electrons. The van der Waals surface area contributed by atoms with Crippen LogP contribution in [0.5, 0.6) is 0 Å². The minimum Gasteiger partial charge on any atom is -0.375 e. The van der Waals surface area contributed by atoms with Crippen LogP contribution in [0, 0.1) is 0 Å². The highest BCUT2D eigenvalue weighted by molar-refractivity contribution is 7.13. The van der Waals surface area contributed by atoms with Crippen LogP contribution in [0.1, 0.15) is 18.9 Å². The van der Waals surface area contributed by atoms with Gasteiger partial charge in [-0.05, 0) is 12.0 Å². The molecule has 1 heterocycles. The summed E-state index contributed by atoms with van der Waals surface area (Å²) >= 11 is 1.44. The van der Waals surface area contributed by atoms with Crippen LogP contribution in [0.4, 0.5) is 5.13 Å². The van der Waals surface area contributed by atoms with Gasteiger partial charge in [0.2, 0.25) is 0 Å². The van der Waals surface area contributed by atoms with Crippen LogP contribution >= 0.6 is 11.3 Å². The van der Waals surface area contributed by atoms with Gasteiger partial charge in [-0.2, -0.15) is 0 Å². The Bertz CT molecular complexity index is 393. The van der Waals surface area contributed by atoms with Gasteiger partial charge >= 0.3 is 0 Å². The topological polar surface area (TPSA) is 38.9 Å². The first-order valence-corrected chi connectivity index (χ1v) is 6.07. The first-order valence-electron chi connectivity index (χ1n) is 5.19. The smallest absolute Gasteiger partial charge is 0.179 e. The Morgan fingerprint density at radius 3 is 2.50 bits per heavy atom. The van der Waals surface area contributed by atoms with Crippen LogP contribution in [-0.4, -0.2) is 4.98 Å². The first kappa shape index (κ1) is 12.5. The number of anilines is 1. The summed E-state index contributed by atoms with van der Waals surface area (Å²) in [5.41, 5.74) is 6.47. The van der Waals surface area contributed by atoms with Crippen molar-refractivity contribution >= 4 is 22.5 Å². The molecule has 0 unspecified atom stereocenters. The van der Waals surface area contributed by atoms with Gasteiger partial charge in [0.15, 0.2) is 5.13 Å². The minimum atomic E-state index is 0.634. The second-order valence-corrected chi connectivity index (χ2v) is 4.02. The molecule has 1 aromatic carbocycles. The van der Waals surface area contributed by atoms with Crippen molar-refractivity contribution in [2.24, 2.45) is 0 Å². The summed E-state index contributed by atoms with van der Waals surface area (Å²) in [6.45, 7) is 2.14. The second kappa shape index (κ2) is 7.65. The Balaban J connectivity index is 0.000000181. The van der Waals surface area contributed by atoms with Gasteiger partial charge in [-0.3, -0.25) is 0 Å². The molecule has 0 radical (unpaired) electrons. The molecule has 0 aliphatic heterocycles. The van der Waals surface area contributed by atoms with Gasteiger partial charge in [0.05, 0.1) is 0 Å². The number of nitrogens with two attached hydrogens (primary N) is 1. The van der Waals surface area contributed by atoms with Crippen molar-refractivity contribution in [3.05, 3.63) is 53.5 Å². The molecule has 0 saturated carbocycles. The molecular weight excluding hydrogens is 216 g/mol. The Hall–Kier alpha value is -1.61. The van der Waals surface area contributed by atoms with Crippen molar-refractivity contribution in [2.45, 2.75) is 13.3 Å². The summed E-state index contributed by atoms with van der Waals surface area (Å²) in [6, 6.07) is 10.3. The van der Waals surface area contributed by atoms with Crippen LogP contribution in [-0.2, 0) is 0 Å². The van der Waals surface area contributed by atoms with E-state index in [4.69, 9.17) is 5.73 Å². The molecule has 2 N–H and O–H groups in total. The van der Waals surface area contributed by atoms with Crippen molar-refractivity contribution in [2.75, 3.05) is 5.73 Å². The van der Waals surface area contributed by atoms with Crippen LogP contribution < -0.4 is 5.73 Å². The molecule has 1 aromatic heterocycles. The van der Waals surface area contributed by atoms with E-state index in [-0.39, 0.29) is 0 Å². The first-order chi connectivity index (χ1) is 7.83. The highest BCUT2D eigenvalue weighted by Crippen LogP contribution is 2.02. The molecule has 2 aromatic rings. The Labute approximate surface area is 100 Å². The largest absolute Gasteiger partial charge is 0.375 e. The fourth-order valence-electron chi connectivity index (χ4n) is 1.05. The van der Waals surface area contributed by atoms with Crippen molar-refractivity contribution in [1.82, 2.24) is 4.98 Å². The average Bonchev–Trinajstić information content (AvgIpc) is 2.80. The molecule has 0 bridgehead atoms. The maximum atomic E-state index is 5.19. The number of rotatable bonds is 2. The van der Waals surface area contributed by atoms with Crippen LogP contribution in [0.3, 0.4) is 0 Å². The number of benzene rings is 1. The van der Waals surface area contributed by atoms with E-state index >= 15 is 0 Å². The van der Waals surface area contributed by atoms with Gasteiger partial charge in [0.1, 0.15) is 0 Å². The number of thiazole rings is 1. The zero-order chi connectivity index (χ0) is 11.6. The van der Waals surface area contributed by atoms with Crippen molar-refractivity contribution in [1.29, 1.82) is 0 Å². The monoisotopic (exact) mass is 232 g/mol. The van der Waals surface area contributed by atoms with E-state index in [0.717, 1.165) is 6.42 Å². The predicted octanol–water partition coefficient (Wildman–Crippen LogP) is 3.84. The quantitative estimate of drug-likeness (QED) is 0.854. The number of aromatic nitrogens is 1. The van der Waals surface area contributed by atoms with E-state index < -0.39 is 0 Å². The van der Waals surface area contributed by atoms with Gasteiger partial charge < -0.3 is 5.73 Å². The molecule has 0 aliphatic rings. The third kappa shape index (κ3) is 5.32. The average molecular weight is 232 g/mol. The lowest BCUT2D eigenvalue weighted by Gasteiger charge is -1.88. The summed E-state index contributed by atoms with van der Waals surface area (Å²) in [7, 11) is 0. The molecule has 0 fully saturated rings. The number of hydrogen-bond acceptors (Lipinski definition) is 3. The number of hydrogen-bond donors (Lipinski definition) is 1. The fourth-order valence-corrected chi connectivity index (χ4v) is 1.44. The Morgan fingerprint density at radius 2 is 2.06 bits per heavy atom. The molecule has 16 heavy (non-hydrogen) atoms. The summed E-state index contributed by atoms with van der Waals surface area (Å²) < 4.78 is 0. The molecule has 0 amide bonds. The van der Waals surface area contributed by atoms with E-state index in [2.05, 4.69) is 48.3 Å². The highest BCUT2D eigenvalue weighted by Gasteiger charge is 1.79. The summed E-state index contributed by atoms with van der Waals surface area (Å²) in [6.07, 6.45) is 7.09. The zero-order valence-corrected chi connectivity index (χ0v) is 10.2. The highest BCUT2D eigenvalue weighted by atomic mass is 32.1. The standard InChI is InChI=1S/C10H12.C3H4N2S/c1-2-3-7-10-8-5-4-6-9-10;4-3-5-1-2-6-3/h3-9H,2H2,1H3;1-2H,(H2,4,5). The van der Waals surface area contributed by atoms with Crippen LogP contribution in [0.15, 0.2) is 48.0 Å². The van der Waals surface area contributed by atoms with Crippen molar-refractivity contribution < 1.29 is 0 Å². The maximum Gasteiger partial charge on any atom is 0.179 e. The van der Waals surface area contributed by atoms with Gasteiger partial charge in [0.25, 0.3) is 0 Å².